The summed E-state index contributed by atoms with van der Waals surface area (Å²) in [7, 11) is 0. The van der Waals surface area contributed by atoms with Crippen LogP contribution in [0.1, 0.15) is 16.7 Å². The van der Waals surface area contributed by atoms with E-state index in [2.05, 4.69) is 91.0 Å². The zero-order valence-electron chi connectivity index (χ0n) is 17.6. The van der Waals surface area contributed by atoms with E-state index in [1.54, 1.807) is 6.08 Å². The number of fused-ring (bicyclic) bond motifs is 1. The lowest BCUT2D eigenvalue weighted by molar-refractivity contribution is -0.129. The molecule has 0 saturated carbocycles. The first-order chi connectivity index (χ1) is 16.5. The molecule has 0 bridgehead atoms. The number of cyclic esters (lactones) is 1. The van der Waals surface area contributed by atoms with Crippen LogP contribution < -0.4 is 4.74 Å². The van der Waals surface area contributed by atoms with E-state index < -0.39 is 5.97 Å². The van der Waals surface area contributed by atoms with Crippen LogP contribution in [0, 0.1) is 10.7 Å². The molecule has 0 saturated heterocycles. The van der Waals surface area contributed by atoms with Crippen molar-refractivity contribution in [1.29, 1.82) is 0 Å². The number of ether oxygens (including phenoxy) is 2. The van der Waals surface area contributed by atoms with Gasteiger partial charge in [0, 0.05) is 9.13 Å². The molecule has 4 aromatic carbocycles. The maximum Gasteiger partial charge on any atom is 0.363 e. The van der Waals surface area contributed by atoms with Crippen molar-refractivity contribution in [3.8, 4) is 5.75 Å². The molecular formula is C27H16I3NO3. The highest BCUT2D eigenvalue weighted by Gasteiger charge is 2.24. The van der Waals surface area contributed by atoms with Crippen LogP contribution in [-0.4, -0.2) is 11.9 Å². The minimum atomic E-state index is -0.452. The van der Waals surface area contributed by atoms with Crippen molar-refractivity contribution in [2.24, 2.45) is 4.99 Å². The summed E-state index contributed by atoms with van der Waals surface area (Å²) < 4.78 is 14.7. The Labute approximate surface area is 237 Å². The van der Waals surface area contributed by atoms with Crippen LogP contribution in [-0.2, 0) is 16.1 Å². The maximum absolute atomic E-state index is 12.5. The smallest absolute Gasteiger partial charge is 0.363 e. The van der Waals surface area contributed by atoms with Crippen LogP contribution in [0.4, 0.5) is 0 Å². The topological polar surface area (TPSA) is 47.9 Å². The number of nitrogens with zero attached hydrogens (tertiary/aromatic N) is 1. The van der Waals surface area contributed by atoms with Gasteiger partial charge >= 0.3 is 5.97 Å². The lowest BCUT2D eigenvalue weighted by Gasteiger charge is -2.12. The summed E-state index contributed by atoms with van der Waals surface area (Å²) in [6.45, 7) is 0.495. The molecule has 0 atom stereocenters. The highest BCUT2D eigenvalue weighted by atomic mass is 127. The summed E-state index contributed by atoms with van der Waals surface area (Å²) in [5, 5.41) is 2.20. The molecule has 7 heteroatoms. The Morgan fingerprint density at radius 1 is 0.853 bits per heavy atom. The molecule has 0 aliphatic carbocycles. The molecule has 34 heavy (non-hydrogen) atoms. The Kier molecular flexibility index (Phi) is 7.21. The number of carbonyl (C=O) groups is 1. The predicted octanol–water partition coefficient (Wildman–Crippen LogP) is 7.58. The van der Waals surface area contributed by atoms with E-state index in [0.717, 1.165) is 40.4 Å². The van der Waals surface area contributed by atoms with E-state index in [0.29, 0.717) is 12.5 Å². The second-order valence-corrected chi connectivity index (χ2v) is 11.2. The van der Waals surface area contributed by atoms with Gasteiger partial charge in [-0.05, 0) is 132 Å². The Bertz CT molecular complexity index is 1470. The zero-order chi connectivity index (χ0) is 23.7. The predicted molar refractivity (Wildman–Crippen MR) is 160 cm³/mol. The molecule has 1 heterocycles. The minimum absolute atomic E-state index is 0.280. The molecule has 168 valence electrons. The average Bonchev–Trinajstić information content (AvgIpc) is 3.18. The molecule has 0 unspecified atom stereocenters. The van der Waals surface area contributed by atoms with Crippen LogP contribution in [0.3, 0.4) is 0 Å². The van der Waals surface area contributed by atoms with Crippen molar-refractivity contribution in [1.82, 2.24) is 0 Å². The summed E-state index contributed by atoms with van der Waals surface area (Å²) >= 11 is 6.82. The lowest BCUT2D eigenvalue weighted by Crippen LogP contribution is -2.05. The molecule has 0 spiro atoms. The molecule has 0 aromatic heterocycles. The molecule has 1 aliphatic heterocycles. The van der Waals surface area contributed by atoms with E-state index in [4.69, 9.17) is 9.47 Å². The van der Waals surface area contributed by atoms with Crippen molar-refractivity contribution in [2.45, 2.75) is 6.61 Å². The molecule has 0 radical (unpaired) electrons. The number of halogens is 3. The number of rotatable bonds is 5. The fourth-order valence-corrected chi connectivity index (χ4v) is 6.33. The number of hydrogen-bond donors (Lipinski definition) is 0. The summed E-state index contributed by atoms with van der Waals surface area (Å²) in [5.74, 6) is 0.701. The summed E-state index contributed by atoms with van der Waals surface area (Å²) in [5.41, 5.74) is 3.04. The number of esters is 1. The molecule has 5 rings (SSSR count). The Hall–Kier alpha value is -1.99. The van der Waals surface area contributed by atoms with Crippen molar-refractivity contribution >= 4 is 96.5 Å². The average molecular weight is 783 g/mol. The van der Waals surface area contributed by atoms with Crippen molar-refractivity contribution < 1.29 is 14.3 Å². The Balaban J connectivity index is 1.39. The van der Waals surface area contributed by atoms with Crippen LogP contribution in [0.15, 0.2) is 89.6 Å². The number of benzene rings is 4. The maximum atomic E-state index is 12.5. The normalized spacial score (nSPS) is 14.4. The zero-order valence-corrected chi connectivity index (χ0v) is 24.1. The molecule has 4 nitrogen and oxygen atoms in total. The first kappa shape index (κ1) is 23.7. The largest absolute Gasteiger partial charge is 0.487 e. The third-order valence-electron chi connectivity index (χ3n) is 5.21. The second-order valence-electron chi connectivity index (χ2n) is 7.63. The summed E-state index contributed by atoms with van der Waals surface area (Å²) in [6.07, 6.45) is 1.75. The Morgan fingerprint density at radius 3 is 2.38 bits per heavy atom. The fourth-order valence-electron chi connectivity index (χ4n) is 3.60. The van der Waals surface area contributed by atoms with Gasteiger partial charge in [-0.3, -0.25) is 0 Å². The summed E-state index contributed by atoms with van der Waals surface area (Å²) in [4.78, 5) is 17.0. The van der Waals surface area contributed by atoms with Gasteiger partial charge in [-0.25, -0.2) is 9.79 Å². The first-order valence-corrected chi connectivity index (χ1v) is 13.6. The molecule has 0 N–H and O–H groups in total. The summed E-state index contributed by atoms with van der Waals surface area (Å²) in [6, 6.07) is 26.2. The van der Waals surface area contributed by atoms with Crippen LogP contribution in [0.2, 0.25) is 0 Å². The first-order valence-electron chi connectivity index (χ1n) is 10.3. The van der Waals surface area contributed by atoms with Gasteiger partial charge in [-0.1, -0.05) is 42.5 Å². The molecule has 0 amide bonds. The highest BCUT2D eigenvalue weighted by Crippen LogP contribution is 2.31. The minimum Gasteiger partial charge on any atom is -0.487 e. The number of carbonyl (C=O) groups excluding carboxylic acids is 1. The Morgan fingerprint density at radius 2 is 1.62 bits per heavy atom. The standard InChI is InChI=1S/C27H16I3NO3/c28-21-7-3-4-16(10-21)15-33-25-22(29)11-17(12-23(25)30)13-24-27(32)34-26(31-24)20-9-8-18-5-1-2-6-19(18)14-20/h1-14H,15H2/b24-13-. The van der Waals surface area contributed by atoms with Crippen molar-refractivity contribution in [3.05, 3.63) is 112 Å². The van der Waals surface area contributed by atoms with Crippen molar-refractivity contribution in [2.75, 3.05) is 0 Å². The van der Waals surface area contributed by atoms with Gasteiger partial charge in [-0.15, -0.1) is 0 Å². The van der Waals surface area contributed by atoms with Crippen LogP contribution in [0.5, 0.6) is 5.75 Å². The molecule has 0 fully saturated rings. The highest BCUT2D eigenvalue weighted by molar-refractivity contribution is 14.1. The van der Waals surface area contributed by atoms with Gasteiger partial charge in [0.2, 0.25) is 5.90 Å². The molecule has 4 aromatic rings. The quantitative estimate of drug-likeness (QED) is 0.119. The van der Waals surface area contributed by atoms with Crippen LogP contribution >= 0.6 is 67.8 Å². The number of aliphatic imine (C=N–C) groups is 1. The van der Waals surface area contributed by atoms with E-state index in [1.165, 1.54) is 3.57 Å². The van der Waals surface area contributed by atoms with E-state index in [1.807, 2.05) is 60.7 Å². The van der Waals surface area contributed by atoms with Gasteiger partial charge in [0.25, 0.3) is 0 Å². The van der Waals surface area contributed by atoms with Crippen molar-refractivity contribution in [3.63, 3.8) is 0 Å². The van der Waals surface area contributed by atoms with E-state index in [-0.39, 0.29) is 5.70 Å². The van der Waals surface area contributed by atoms with Gasteiger partial charge < -0.3 is 9.47 Å². The third-order valence-corrected chi connectivity index (χ3v) is 7.49. The van der Waals surface area contributed by atoms with Gasteiger partial charge in [0.1, 0.15) is 12.4 Å². The van der Waals surface area contributed by atoms with Gasteiger partial charge in [0.15, 0.2) is 5.70 Å². The fraction of sp³-hybridized carbons (Fsp3) is 0.0370. The second kappa shape index (κ2) is 10.3. The van der Waals surface area contributed by atoms with E-state index in [9.17, 15) is 4.79 Å². The van der Waals surface area contributed by atoms with E-state index >= 15 is 0 Å². The third kappa shape index (κ3) is 5.30. The molecule has 1 aliphatic rings. The van der Waals surface area contributed by atoms with Gasteiger partial charge in [0.05, 0.1) is 7.14 Å². The van der Waals surface area contributed by atoms with Crippen LogP contribution in [0.25, 0.3) is 16.8 Å². The lowest BCUT2D eigenvalue weighted by atomic mass is 10.1. The number of hydrogen-bond acceptors (Lipinski definition) is 4. The monoisotopic (exact) mass is 783 g/mol. The SMILES string of the molecule is O=C1OC(c2ccc3ccccc3c2)=N/C1=C\c1cc(I)c(OCc2cccc(I)c2)c(I)c1. The molecular weight excluding hydrogens is 767 g/mol. The van der Waals surface area contributed by atoms with Gasteiger partial charge in [-0.2, -0.15) is 0 Å².